The van der Waals surface area contributed by atoms with Crippen molar-refractivity contribution in [2.75, 3.05) is 13.1 Å². The molecule has 1 fully saturated rings. The summed E-state index contributed by atoms with van der Waals surface area (Å²) in [4.78, 5) is 7.97. The van der Waals surface area contributed by atoms with E-state index in [0.717, 1.165) is 43.3 Å². The van der Waals surface area contributed by atoms with Gasteiger partial charge in [0.25, 0.3) is 0 Å². The van der Waals surface area contributed by atoms with Crippen LogP contribution in [0.1, 0.15) is 29.6 Å². The van der Waals surface area contributed by atoms with Crippen molar-refractivity contribution >= 4 is 22.9 Å². The van der Waals surface area contributed by atoms with Gasteiger partial charge in [0.1, 0.15) is 11.9 Å². The van der Waals surface area contributed by atoms with Crippen molar-refractivity contribution in [3.63, 3.8) is 0 Å². The molecule has 1 aliphatic heterocycles. The number of aliphatic hydroxyl groups is 1. The van der Waals surface area contributed by atoms with Crippen LogP contribution in [0.4, 0.5) is 0 Å². The lowest BCUT2D eigenvalue weighted by Gasteiger charge is -2.34. The summed E-state index contributed by atoms with van der Waals surface area (Å²) in [6.07, 6.45) is 5.31. The zero-order chi connectivity index (χ0) is 14.8. The predicted molar refractivity (Wildman–Crippen MR) is 85.5 cm³/mol. The predicted octanol–water partition coefficient (Wildman–Crippen LogP) is 3.08. The van der Waals surface area contributed by atoms with Crippen LogP contribution in [0.15, 0.2) is 23.8 Å². The summed E-state index contributed by atoms with van der Waals surface area (Å²) in [7, 11) is 1.93. The van der Waals surface area contributed by atoms with E-state index in [1.807, 2.05) is 29.3 Å². The number of hydrogen-bond acceptors (Lipinski definition) is 4. The van der Waals surface area contributed by atoms with Crippen LogP contribution in [0.25, 0.3) is 0 Å². The fourth-order valence-electron chi connectivity index (χ4n) is 3.02. The van der Waals surface area contributed by atoms with E-state index in [4.69, 9.17) is 11.6 Å². The second-order valence-corrected chi connectivity index (χ2v) is 7.14. The first-order chi connectivity index (χ1) is 10.1. The van der Waals surface area contributed by atoms with E-state index in [-0.39, 0.29) is 5.92 Å². The molecule has 1 N–H and O–H groups in total. The van der Waals surface area contributed by atoms with Gasteiger partial charge in [0.05, 0.1) is 5.02 Å². The molecule has 0 spiro atoms. The molecule has 1 aliphatic rings. The van der Waals surface area contributed by atoms with Crippen LogP contribution in [0.2, 0.25) is 5.02 Å². The van der Waals surface area contributed by atoms with Crippen LogP contribution in [0.3, 0.4) is 0 Å². The summed E-state index contributed by atoms with van der Waals surface area (Å²) in [6, 6.07) is 2.03. The zero-order valence-corrected chi connectivity index (χ0v) is 13.6. The van der Waals surface area contributed by atoms with Crippen molar-refractivity contribution in [2.24, 2.45) is 13.0 Å². The first-order valence-corrected chi connectivity index (χ1v) is 8.50. The molecule has 2 aromatic heterocycles. The van der Waals surface area contributed by atoms with Crippen LogP contribution in [0.5, 0.6) is 0 Å². The molecule has 0 aliphatic carbocycles. The molecule has 3 heterocycles. The molecular formula is C15H20ClN3OS. The molecule has 21 heavy (non-hydrogen) atoms. The van der Waals surface area contributed by atoms with Gasteiger partial charge in [-0.3, -0.25) is 4.90 Å². The number of piperidine rings is 1. The van der Waals surface area contributed by atoms with Crippen molar-refractivity contribution in [1.82, 2.24) is 14.5 Å². The molecule has 2 atom stereocenters. The minimum atomic E-state index is -0.486. The fraction of sp³-hybridized carbons (Fsp3) is 0.533. The van der Waals surface area contributed by atoms with Crippen molar-refractivity contribution < 1.29 is 5.11 Å². The maximum atomic E-state index is 10.6. The average Bonchev–Trinajstić information content (AvgIpc) is 3.07. The van der Waals surface area contributed by atoms with Crippen molar-refractivity contribution in [3.8, 4) is 0 Å². The minimum absolute atomic E-state index is 0.246. The molecule has 0 aromatic carbocycles. The number of aryl methyl sites for hydroxylation is 1. The molecule has 6 heteroatoms. The minimum Gasteiger partial charge on any atom is -0.385 e. The van der Waals surface area contributed by atoms with E-state index >= 15 is 0 Å². The third-order valence-corrected chi connectivity index (χ3v) is 5.38. The van der Waals surface area contributed by atoms with Gasteiger partial charge >= 0.3 is 0 Å². The highest BCUT2D eigenvalue weighted by atomic mass is 35.5. The Morgan fingerprint density at radius 2 is 2.43 bits per heavy atom. The quantitative estimate of drug-likeness (QED) is 0.939. The van der Waals surface area contributed by atoms with E-state index in [1.165, 1.54) is 4.88 Å². The standard InChI is InChI=1S/C15H20ClN3OS/c1-18-6-4-17-15(18)14(20)11-3-2-5-19(8-11)9-13-7-12(16)10-21-13/h4,6-7,10-11,14,20H,2-3,5,8-9H2,1H3. The van der Waals surface area contributed by atoms with Crippen LogP contribution in [0, 0.1) is 5.92 Å². The lowest BCUT2D eigenvalue weighted by Crippen LogP contribution is -2.37. The van der Waals surface area contributed by atoms with Gasteiger partial charge in [-0.25, -0.2) is 4.98 Å². The number of imidazole rings is 1. The Kier molecular flexibility index (Phi) is 4.64. The monoisotopic (exact) mass is 325 g/mol. The van der Waals surface area contributed by atoms with Gasteiger partial charge in [-0.2, -0.15) is 0 Å². The van der Waals surface area contributed by atoms with E-state index < -0.39 is 6.10 Å². The Balaban J connectivity index is 1.64. The van der Waals surface area contributed by atoms with E-state index in [0.29, 0.717) is 0 Å². The first kappa shape index (κ1) is 15.0. The Morgan fingerprint density at radius 3 is 3.10 bits per heavy atom. The van der Waals surface area contributed by atoms with E-state index in [2.05, 4.69) is 9.88 Å². The van der Waals surface area contributed by atoms with Gasteiger partial charge < -0.3 is 9.67 Å². The molecular weight excluding hydrogens is 306 g/mol. The number of aromatic nitrogens is 2. The number of thiophene rings is 1. The molecule has 2 aromatic rings. The highest BCUT2D eigenvalue weighted by Crippen LogP contribution is 2.30. The maximum Gasteiger partial charge on any atom is 0.137 e. The molecule has 3 rings (SSSR count). The van der Waals surface area contributed by atoms with Gasteiger partial charge in [0.15, 0.2) is 0 Å². The van der Waals surface area contributed by atoms with Crippen LogP contribution in [-0.2, 0) is 13.6 Å². The van der Waals surface area contributed by atoms with Crippen LogP contribution in [-0.4, -0.2) is 32.6 Å². The highest BCUT2D eigenvalue weighted by molar-refractivity contribution is 7.10. The summed E-state index contributed by atoms with van der Waals surface area (Å²) in [5, 5.41) is 13.4. The maximum absolute atomic E-state index is 10.6. The number of nitrogens with zero attached hydrogens (tertiary/aromatic N) is 3. The largest absolute Gasteiger partial charge is 0.385 e. The topological polar surface area (TPSA) is 41.3 Å². The Morgan fingerprint density at radius 1 is 1.57 bits per heavy atom. The van der Waals surface area contributed by atoms with Crippen LogP contribution < -0.4 is 0 Å². The SMILES string of the molecule is Cn1ccnc1C(O)C1CCCN(Cc2cc(Cl)cs2)C1. The van der Waals surface area contributed by atoms with Gasteiger partial charge in [0, 0.05) is 48.7 Å². The molecule has 0 saturated carbocycles. The summed E-state index contributed by atoms with van der Waals surface area (Å²) in [5.74, 6) is 1.01. The Hall–Kier alpha value is -0.880. The van der Waals surface area contributed by atoms with Crippen molar-refractivity contribution in [1.29, 1.82) is 0 Å². The summed E-state index contributed by atoms with van der Waals surface area (Å²) >= 11 is 7.68. The van der Waals surface area contributed by atoms with Crippen molar-refractivity contribution in [3.05, 3.63) is 39.6 Å². The average molecular weight is 326 g/mol. The smallest absolute Gasteiger partial charge is 0.137 e. The molecule has 114 valence electrons. The number of halogens is 1. The molecule has 0 amide bonds. The molecule has 1 saturated heterocycles. The lowest BCUT2D eigenvalue weighted by molar-refractivity contribution is 0.0408. The first-order valence-electron chi connectivity index (χ1n) is 7.24. The lowest BCUT2D eigenvalue weighted by atomic mass is 9.92. The zero-order valence-electron chi connectivity index (χ0n) is 12.1. The van der Waals surface area contributed by atoms with Crippen LogP contribution >= 0.6 is 22.9 Å². The third kappa shape index (κ3) is 3.48. The summed E-state index contributed by atoms with van der Waals surface area (Å²) in [5.41, 5.74) is 0. The number of hydrogen-bond donors (Lipinski definition) is 1. The Bertz CT molecular complexity index is 597. The number of likely N-dealkylation sites (tertiary alicyclic amines) is 1. The molecule has 4 nitrogen and oxygen atoms in total. The fourth-order valence-corrected chi connectivity index (χ4v) is 4.14. The number of aliphatic hydroxyl groups excluding tert-OH is 1. The van der Waals surface area contributed by atoms with Gasteiger partial charge in [-0.05, 0) is 25.5 Å². The summed E-state index contributed by atoms with van der Waals surface area (Å²) in [6.45, 7) is 2.91. The molecule has 0 bridgehead atoms. The van der Waals surface area contributed by atoms with E-state index in [9.17, 15) is 5.11 Å². The normalized spacial score (nSPS) is 21.6. The molecule has 0 radical (unpaired) electrons. The van der Waals surface area contributed by atoms with E-state index in [1.54, 1.807) is 17.5 Å². The Labute approximate surface area is 134 Å². The van der Waals surface area contributed by atoms with Crippen molar-refractivity contribution in [2.45, 2.75) is 25.5 Å². The van der Waals surface area contributed by atoms with Gasteiger partial charge in [-0.15, -0.1) is 11.3 Å². The highest BCUT2D eigenvalue weighted by Gasteiger charge is 2.29. The second-order valence-electron chi connectivity index (χ2n) is 5.71. The van der Waals surface area contributed by atoms with Gasteiger partial charge in [0.2, 0.25) is 0 Å². The summed E-state index contributed by atoms with van der Waals surface area (Å²) < 4.78 is 1.91. The van der Waals surface area contributed by atoms with Gasteiger partial charge in [-0.1, -0.05) is 11.6 Å². The third-order valence-electron chi connectivity index (χ3n) is 4.11. The number of rotatable bonds is 4. The second kappa shape index (κ2) is 6.48. The molecule has 2 unspecified atom stereocenters.